The predicted molar refractivity (Wildman–Crippen MR) is 84.2 cm³/mol. The molecule has 0 aliphatic carbocycles. The zero-order chi connectivity index (χ0) is 16.0. The van der Waals surface area contributed by atoms with Gasteiger partial charge in [-0.2, -0.15) is 0 Å². The maximum Gasteiger partial charge on any atom is 0.259 e. The molecule has 6 heteroatoms. The van der Waals surface area contributed by atoms with E-state index in [2.05, 4.69) is 0 Å². The number of likely N-dealkylation sites (N-methyl/N-ethyl adjacent to an activating group) is 1. The molecule has 0 saturated heterocycles. The van der Waals surface area contributed by atoms with Gasteiger partial charge in [-0.25, -0.2) is 0 Å². The molecular formula is C15H23ClN2O3. The largest absolute Gasteiger partial charge is 0.493 e. The van der Waals surface area contributed by atoms with Gasteiger partial charge in [0.05, 0.1) is 12.1 Å². The van der Waals surface area contributed by atoms with Gasteiger partial charge in [-0.1, -0.05) is 18.5 Å². The summed E-state index contributed by atoms with van der Waals surface area (Å²) in [4.78, 5) is 13.0. The summed E-state index contributed by atoms with van der Waals surface area (Å²) in [6.07, 6.45) is 1.60. The van der Waals surface area contributed by atoms with Crippen LogP contribution in [-0.4, -0.2) is 44.7 Å². The Hall–Kier alpha value is -1.46. The maximum absolute atomic E-state index is 11.6. The Kier molecular flexibility index (Phi) is 6.78. The summed E-state index contributed by atoms with van der Waals surface area (Å²) >= 11 is 6.23. The van der Waals surface area contributed by atoms with Gasteiger partial charge in [0, 0.05) is 20.1 Å². The average molecular weight is 315 g/mol. The number of nitrogens with two attached hydrogens (primary N) is 1. The number of rotatable bonds is 7. The highest BCUT2D eigenvalue weighted by Gasteiger charge is 2.15. The smallest absolute Gasteiger partial charge is 0.259 e. The highest BCUT2D eigenvalue weighted by molar-refractivity contribution is 6.32. The van der Waals surface area contributed by atoms with Gasteiger partial charge >= 0.3 is 0 Å². The minimum atomic E-state index is -0.148. The lowest BCUT2D eigenvalue weighted by molar-refractivity contribution is -0.130. The number of hydrogen-bond donors (Lipinski definition) is 1. The molecule has 1 amide bonds. The molecule has 0 aromatic heterocycles. The molecule has 118 valence electrons. The summed E-state index contributed by atoms with van der Waals surface area (Å²) in [6.45, 7) is 1.95. The van der Waals surface area contributed by atoms with E-state index in [4.69, 9.17) is 26.8 Å². The minimum absolute atomic E-state index is 0.0767. The molecule has 1 aromatic rings. The van der Waals surface area contributed by atoms with Crippen molar-refractivity contribution in [3.8, 4) is 11.5 Å². The monoisotopic (exact) mass is 314 g/mol. The number of benzene rings is 1. The predicted octanol–water partition coefficient (Wildman–Crippen LogP) is 2.10. The lowest BCUT2D eigenvalue weighted by atomic mass is 10.0. The number of amides is 1. The zero-order valence-electron chi connectivity index (χ0n) is 13.0. The van der Waals surface area contributed by atoms with Gasteiger partial charge < -0.3 is 20.1 Å². The van der Waals surface area contributed by atoms with E-state index in [-0.39, 0.29) is 18.6 Å². The van der Waals surface area contributed by atoms with Gasteiger partial charge in [-0.05, 0) is 30.5 Å². The van der Waals surface area contributed by atoms with Crippen LogP contribution in [0.2, 0.25) is 5.02 Å². The molecule has 0 heterocycles. The van der Waals surface area contributed by atoms with Crippen molar-refractivity contribution in [2.24, 2.45) is 5.73 Å². The van der Waals surface area contributed by atoms with E-state index in [1.807, 2.05) is 13.0 Å². The molecule has 2 N–H and O–H groups in total. The molecule has 0 bridgehead atoms. The lowest BCUT2D eigenvalue weighted by Crippen LogP contribution is -2.27. The SMILES string of the molecule is CCC(N)Cc1cc(Cl)c(OCC(=O)N(C)C)c(OC)c1. The van der Waals surface area contributed by atoms with Crippen LogP contribution in [0.4, 0.5) is 0 Å². The Labute approximate surface area is 131 Å². The molecule has 1 unspecified atom stereocenters. The lowest BCUT2D eigenvalue weighted by Gasteiger charge is -2.16. The van der Waals surface area contributed by atoms with Crippen LogP contribution in [0.25, 0.3) is 0 Å². The van der Waals surface area contributed by atoms with Gasteiger partial charge in [-0.3, -0.25) is 4.79 Å². The fraction of sp³-hybridized carbons (Fsp3) is 0.533. The molecule has 0 aliphatic heterocycles. The van der Waals surface area contributed by atoms with E-state index in [1.54, 1.807) is 20.2 Å². The van der Waals surface area contributed by atoms with Gasteiger partial charge in [0.25, 0.3) is 5.91 Å². The Morgan fingerprint density at radius 1 is 1.43 bits per heavy atom. The van der Waals surface area contributed by atoms with Crippen molar-refractivity contribution >= 4 is 17.5 Å². The number of methoxy groups -OCH3 is 1. The first-order valence-electron chi connectivity index (χ1n) is 6.84. The second-order valence-electron chi connectivity index (χ2n) is 5.06. The van der Waals surface area contributed by atoms with Crippen LogP contribution < -0.4 is 15.2 Å². The topological polar surface area (TPSA) is 64.8 Å². The molecule has 1 atom stereocenters. The summed E-state index contributed by atoms with van der Waals surface area (Å²) in [7, 11) is 4.87. The quantitative estimate of drug-likeness (QED) is 0.837. The third-order valence-electron chi connectivity index (χ3n) is 3.15. The third kappa shape index (κ3) is 5.10. The summed E-state index contributed by atoms with van der Waals surface area (Å²) in [5.41, 5.74) is 6.93. The standard InChI is InChI=1S/C15H23ClN2O3/c1-5-11(17)6-10-7-12(16)15(13(8-10)20-4)21-9-14(19)18(2)3/h7-8,11H,5-6,9,17H2,1-4H3. The van der Waals surface area contributed by atoms with Crippen molar-refractivity contribution in [3.05, 3.63) is 22.7 Å². The third-order valence-corrected chi connectivity index (χ3v) is 3.43. The highest BCUT2D eigenvalue weighted by atomic mass is 35.5. The fourth-order valence-electron chi connectivity index (χ4n) is 1.74. The molecule has 0 radical (unpaired) electrons. The minimum Gasteiger partial charge on any atom is -0.493 e. The summed E-state index contributed by atoms with van der Waals surface area (Å²) < 4.78 is 10.8. The Morgan fingerprint density at radius 3 is 2.62 bits per heavy atom. The molecule has 0 fully saturated rings. The first-order valence-corrected chi connectivity index (χ1v) is 7.21. The van der Waals surface area contributed by atoms with Crippen LogP contribution in [0, 0.1) is 0 Å². The Balaban J connectivity index is 2.92. The van der Waals surface area contributed by atoms with E-state index >= 15 is 0 Å². The van der Waals surface area contributed by atoms with Crippen molar-refractivity contribution in [2.75, 3.05) is 27.8 Å². The van der Waals surface area contributed by atoms with Crippen molar-refractivity contribution < 1.29 is 14.3 Å². The molecule has 0 saturated carbocycles. The summed E-state index contributed by atoms with van der Waals surface area (Å²) in [6, 6.07) is 3.72. The van der Waals surface area contributed by atoms with Gasteiger partial charge in [0.2, 0.25) is 0 Å². The van der Waals surface area contributed by atoms with Crippen LogP contribution >= 0.6 is 11.6 Å². The Bertz CT molecular complexity index is 492. The first kappa shape index (κ1) is 17.6. The molecular weight excluding hydrogens is 292 g/mol. The van der Waals surface area contributed by atoms with Crippen LogP contribution in [0.3, 0.4) is 0 Å². The van der Waals surface area contributed by atoms with E-state index in [0.29, 0.717) is 22.9 Å². The van der Waals surface area contributed by atoms with E-state index in [1.165, 1.54) is 12.0 Å². The van der Waals surface area contributed by atoms with Gasteiger partial charge in [0.15, 0.2) is 18.1 Å². The normalized spacial score (nSPS) is 11.9. The van der Waals surface area contributed by atoms with Crippen LogP contribution in [0.5, 0.6) is 11.5 Å². The summed E-state index contributed by atoms with van der Waals surface area (Å²) in [5.74, 6) is 0.737. The van der Waals surface area contributed by atoms with Crippen molar-refractivity contribution in [1.82, 2.24) is 4.90 Å². The van der Waals surface area contributed by atoms with Crippen molar-refractivity contribution in [2.45, 2.75) is 25.8 Å². The number of ether oxygens (including phenoxy) is 2. The van der Waals surface area contributed by atoms with Crippen LogP contribution in [0.1, 0.15) is 18.9 Å². The van der Waals surface area contributed by atoms with E-state index in [9.17, 15) is 4.79 Å². The second kappa shape index (κ2) is 8.10. The van der Waals surface area contributed by atoms with Crippen molar-refractivity contribution in [1.29, 1.82) is 0 Å². The molecule has 1 aromatic carbocycles. The highest BCUT2D eigenvalue weighted by Crippen LogP contribution is 2.36. The number of halogens is 1. The molecule has 0 spiro atoms. The number of nitrogens with zero attached hydrogens (tertiary/aromatic N) is 1. The Morgan fingerprint density at radius 2 is 2.10 bits per heavy atom. The second-order valence-corrected chi connectivity index (χ2v) is 5.47. The van der Waals surface area contributed by atoms with E-state index in [0.717, 1.165) is 12.0 Å². The first-order chi connectivity index (χ1) is 9.88. The average Bonchev–Trinajstić information content (AvgIpc) is 2.44. The molecule has 1 rings (SSSR count). The maximum atomic E-state index is 11.6. The van der Waals surface area contributed by atoms with Crippen molar-refractivity contribution in [3.63, 3.8) is 0 Å². The van der Waals surface area contributed by atoms with Gasteiger partial charge in [-0.15, -0.1) is 0 Å². The molecule has 0 aliphatic rings. The molecule has 21 heavy (non-hydrogen) atoms. The number of hydrogen-bond acceptors (Lipinski definition) is 4. The van der Waals surface area contributed by atoms with E-state index < -0.39 is 0 Å². The van der Waals surface area contributed by atoms with Gasteiger partial charge in [0.1, 0.15) is 0 Å². The zero-order valence-corrected chi connectivity index (χ0v) is 13.7. The fourth-order valence-corrected chi connectivity index (χ4v) is 2.03. The van der Waals surface area contributed by atoms with Crippen LogP contribution in [-0.2, 0) is 11.2 Å². The summed E-state index contributed by atoms with van der Waals surface area (Å²) in [5, 5.41) is 0.416. The number of carbonyl (C=O) groups excluding carboxylic acids is 1. The number of carbonyl (C=O) groups is 1. The molecule has 5 nitrogen and oxygen atoms in total. The van der Waals surface area contributed by atoms with Crippen LogP contribution in [0.15, 0.2) is 12.1 Å².